The molecule has 2 unspecified atom stereocenters. The van der Waals surface area contributed by atoms with E-state index in [1.807, 2.05) is 35.5 Å². The second-order valence-corrected chi connectivity index (χ2v) is 12.0. The van der Waals surface area contributed by atoms with Gasteiger partial charge in [-0.25, -0.2) is 0 Å². The maximum Gasteiger partial charge on any atom is 0.119 e. The van der Waals surface area contributed by atoms with Crippen LogP contribution in [0.5, 0.6) is 0 Å². The van der Waals surface area contributed by atoms with Crippen molar-refractivity contribution in [3.05, 3.63) is 76.2 Å². The Morgan fingerprint density at radius 1 is 1.17 bits per heavy atom. The lowest BCUT2D eigenvalue weighted by molar-refractivity contribution is 0.00350. The van der Waals surface area contributed by atoms with E-state index in [0.717, 1.165) is 19.3 Å². The molecule has 2 atom stereocenters. The summed E-state index contributed by atoms with van der Waals surface area (Å²) in [5, 5.41) is 30.4. The number of aromatic nitrogens is 1. The smallest absolute Gasteiger partial charge is 0.119 e. The van der Waals surface area contributed by atoms with Crippen molar-refractivity contribution in [1.29, 1.82) is 10.5 Å². The third-order valence-electron chi connectivity index (χ3n) is 8.09. The van der Waals surface area contributed by atoms with Crippen LogP contribution < -0.4 is 21.6 Å². The van der Waals surface area contributed by atoms with Crippen molar-refractivity contribution < 1.29 is 4.74 Å². The van der Waals surface area contributed by atoms with E-state index in [2.05, 4.69) is 52.6 Å². The van der Waals surface area contributed by atoms with E-state index in [-0.39, 0.29) is 11.5 Å². The molecule has 1 aromatic heterocycles. The zero-order valence-corrected chi connectivity index (χ0v) is 23.7. The maximum absolute atomic E-state index is 10.1. The molecule has 2 aliphatic heterocycles. The average molecular weight is 565 g/mol. The molecular formula is C30H30BClN8O. The summed E-state index contributed by atoms with van der Waals surface area (Å²) in [5.74, 6) is 0. The molecule has 0 amide bonds. The molecule has 41 heavy (non-hydrogen) atoms. The van der Waals surface area contributed by atoms with Crippen LogP contribution in [-0.4, -0.2) is 43.1 Å². The number of halogens is 1. The van der Waals surface area contributed by atoms with Crippen molar-refractivity contribution in [3.8, 4) is 12.1 Å². The van der Waals surface area contributed by atoms with Gasteiger partial charge in [-0.3, -0.25) is 9.99 Å². The molecule has 4 N–H and O–H groups in total. The first-order valence-corrected chi connectivity index (χ1v) is 14.1. The number of anilines is 2. The molecule has 0 bridgehead atoms. The lowest BCUT2D eigenvalue weighted by atomic mass is 9.69. The van der Waals surface area contributed by atoms with Gasteiger partial charge in [-0.1, -0.05) is 43.6 Å². The van der Waals surface area contributed by atoms with E-state index < -0.39 is 5.44 Å². The van der Waals surface area contributed by atoms with Gasteiger partial charge in [-0.2, -0.15) is 10.5 Å². The Hall–Kier alpha value is -3.96. The number of fused-ring (bicyclic) bond motifs is 1. The van der Waals surface area contributed by atoms with E-state index >= 15 is 0 Å². The fourth-order valence-corrected chi connectivity index (χ4v) is 5.82. The third-order valence-corrected chi connectivity index (χ3v) is 8.42. The molecule has 0 spiro atoms. The Morgan fingerprint density at radius 2 is 1.95 bits per heavy atom. The summed E-state index contributed by atoms with van der Waals surface area (Å²) in [5.41, 5.74) is 8.76. The van der Waals surface area contributed by atoms with Crippen LogP contribution in [-0.2, 0) is 10.2 Å². The molecule has 206 valence electrons. The number of hydrogen-bond donors (Lipinski definition) is 4. The molecule has 2 fully saturated rings. The Bertz CT molecular complexity index is 1630. The number of hydrogen-bond acceptors (Lipinski definition) is 9. The Balaban J connectivity index is 1.48. The van der Waals surface area contributed by atoms with E-state index in [0.29, 0.717) is 68.9 Å². The number of pyridine rings is 1. The van der Waals surface area contributed by atoms with Crippen LogP contribution in [0.1, 0.15) is 49.8 Å². The Labute approximate surface area is 245 Å². The molecule has 3 aromatic rings. The minimum absolute atomic E-state index is 0.0557. The Morgan fingerprint density at radius 3 is 2.66 bits per heavy atom. The van der Waals surface area contributed by atoms with Gasteiger partial charge in [0.25, 0.3) is 0 Å². The highest BCUT2D eigenvalue weighted by Gasteiger charge is 2.39. The lowest BCUT2D eigenvalue weighted by Gasteiger charge is -2.39. The SMILES string of the molecule is [B]C(Nc1cc(C#N)c2ncc(C#N)c(NC3CCOCC3(C)C)c2c1)(C1=CN(C2CC2)NN1)c1ccccc1Cl. The maximum atomic E-state index is 10.1. The normalized spacial score (nSPS) is 21.2. The molecule has 1 aliphatic carbocycles. The van der Waals surface area contributed by atoms with Crippen molar-refractivity contribution in [2.24, 2.45) is 5.41 Å². The van der Waals surface area contributed by atoms with Crippen molar-refractivity contribution in [2.45, 2.75) is 50.6 Å². The highest BCUT2D eigenvalue weighted by Crippen LogP contribution is 2.40. The molecule has 3 aliphatic rings. The van der Waals surface area contributed by atoms with E-state index in [9.17, 15) is 10.5 Å². The second-order valence-electron chi connectivity index (χ2n) is 11.5. The van der Waals surface area contributed by atoms with Gasteiger partial charge in [0.1, 0.15) is 20.0 Å². The first kappa shape index (κ1) is 27.2. The average Bonchev–Trinajstić information content (AvgIpc) is 3.69. The predicted octanol–water partition coefficient (Wildman–Crippen LogP) is 4.62. The fraction of sp³-hybridized carbons (Fsp3) is 0.367. The predicted molar refractivity (Wildman–Crippen MR) is 160 cm³/mol. The fourth-order valence-electron chi connectivity index (χ4n) is 5.54. The molecule has 9 nitrogen and oxygen atoms in total. The van der Waals surface area contributed by atoms with Gasteiger partial charge in [0, 0.05) is 52.6 Å². The van der Waals surface area contributed by atoms with Crippen molar-refractivity contribution in [2.75, 3.05) is 23.8 Å². The van der Waals surface area contributed by atoms with Gasteiger partial charge in [0.05, 0.1) is 40.1 Å². The highest BCUT2D eigenvalue weighted by molar-refractivity contribution is 6.33. The number of nitriles is 2. The lowest BCUT2D eigenvalue weighted by Crippen LogP contribution is -2.45. The number of hydrazine groups is 2. The topological polar surface area (TPSA) is 121 Å². The van der Waals surface area contributed by atoms with Gasteiger partial charge >= 0.3 is 0 Å². The summed E-state index contributed by atoms with van der Waals surface area (Å²) in [6.45, 7) is 5.51. The summed E-state index contributed by atoms with van der Waals surface area (Å²) < 4.78 is 5.72. The second kappa shape index (κ2) is 10.5. The standard InChI is InChI=1S/C30H30BClN8O/c1-29(2)17-41-10-9-25(29)36-28-19(14-34)15-35-27-18(13-33)11-20(12-22(27)28)37-30(31,23-5-3-4-6-24(23)32)26-16-40(39-38-26)21-7-8-21/h3-6,11-12,15-16,21,25,37-39H,7-10,17H2,1-2H3,(H,35,36). The zero-order valence-electron chi connectivity index (χ0n) is 23.0. The van der Waals surface area contributed by atoms with E-state index in [4.69, 9.17) is 24.2 Å². The van der Waals surface area contributed by atoms with Crippen LogP contribution in [0.3, 0.4) is 0 Å². The minimum atomic E-state index is -1.29. The van der Waals surface area contributed by atoms with Gasteiger partial charge < -0.3 is 20.8 Å². The molecular weight excluding hydrogens is 535 g/mol. The van der Waals surface area contributed by atoms with Gasteiger partial charge in [-0.15, -0.1) is 5.53 Å². The number of rotatable bonds is 7. The molecule has 2 aromatic carbocycles. The number of ether oxygens (including phenoxy) is 1. The van der Waals surface area contributed by atoms with E-state index in [1.54, 1.807) is 12.1 Å². The van der Waals surface area contributed by atoms with Crippen LogP contribution in [0, 0.1) is 28.1 Å². The molecule has 2 radical (unpaired) electrons. The van der Waals surface area contributed by atoms with Crippen molar-refractivity contribution >= 4 is 41.7 Å². The van der Waals surface area contributed by atoms with Crippen LogP contribution in [0.2, 0.25) is 5.02 Å². The molecule has 1 saturated heterocycles. The highest BCUT2D eigenvalue weighted by atomic mass is 35.5. The molecule has 11 heteroatoms. The number of nitrogens with one attached hydrogen (secondary N) is 4. The quantitative estimate of drug-likeness (QED) is 0.305. The summed E-state index contributed by atoms with van der Waals surface area (Å²) in [4.78, 5) is 4.51. The van der Waals surface area contributed by atoms with Gasteiger partial charge in [0.15, 0.2) is 0 Å². The van der Waals surface area contributed by atoms with Gasteiger partial charge in [-0.05, 0) is 43.0 Å². The van der Waals surface area contributed by atoms with E-state index in [1.165, 1.54) is 6.20 Å². The number of nitrogens with zero attached hydrogens (tertiary/aromatic N) is 4. The number of benzene rings is 2. The summed E-state index contributed by atoms with van der Waals surface area (Å²) in [6, 6.07) is 16.0. The van der Waals surface area contributed by atoms with Crippen LogP contribution >= 0.6 is 11.6 Å². The van der Waals surface area contributed by atoms with Crippen LogP contribution in [0.15, 0.2) is 54.5 Å². The van der Waals surface area contributed by atoms with Crippen molar-refractivity contribution in [3.63, 3.8) is 0 Å². The molecule has 6 rings (SSSR count). The monoisotopic (exact) mass is 564 g/mol. The minimum Gasteiger partial charge on any atom is -0.381 e. The third kappa shape index (κ3) is 5.04. The summed E-state index contributed by atoms with van der Waals surface area (Å²) in [6.07, 6.45) is 6.45. The zero-order chi connectivity index (χ0) is 28.8. The largest absolute Gasteiger partial charge is 0.381 e. The van der Waals surface area contributed by atoms with Crippen molar-refractivity contribution in [1.82, 2.24) is 21.0 Å². The van der Waals surface area contributed by atoms with Gasteiger partial charge in [0.2, 0.25) is 0 Å². The first-order valence-electron chi connectivity index (χ1n) is 13.7. The summed E-state index contributed by atoms with van der Waals surface area (Å²) in [7, 11) is 7.18. The molecule has 1 saturated carbocycles. The Kier molecular flexibility index (Phi) is 6.95. The summed E-state index contributed by atoms with van der Waals surface area (Å²) >= 11 is 6.69. The first-order chi connectivity index (χ1) is 19.7. The van der Waals surface area contributed by atoms with Crippen LogP contribution in [0.4, 0.5) is 11.4 Å². The molecule has 3 heterocycles. The van der Waals surface area contributed by atoms with Crippen LogP contribution in [0.25, 0.3) is 10.9 Å².